The van der Waals surface area contributed by atoms with Crippen molar-refractivity contribution in [3.63, 3.8) is 0 Å². The lowest BCUT2D eigenvalue weighted by molar-refractivity contribution is -0.385. The summed E-state index contributed by atoms with van der Waals surface area (Å²) in [6, 6.07) is 20.9. The SMILES string of the molecule is COc1cc(OCC(=O)N(Cc2ccccc2C)C(Cc2ccccc2)C(=O)NC2CCCCC2)ccc1[N+](=O)[O-]. The van der Waals surface area contributed by atoms with Gasteiger partial charge in [0.1, 0.15) is 11.8 Å². The molecule has 0 radical (unpaired) electrons. The molecule has 9 heteroatoms. The molecule has 1 fully saturated rings. The number of carbonyl (C=O) groups excluding carboxylic acids is 2. The smallest absolute Gasteiger partial charge is 0.311 e. The second kappa shape index (κ2) is 14.3. The minimum Gasteiger partial charge on any atom is -0.490 e. The summed E-state index contributed by atoms with van der Waals surface area (Å²) in [5.41, 5.74) is 2.69. The number of ether oxygens (including phenoxy) is 2. The molecule has 0 spiro atoms. The fraction of sp³-hybridized carbons (Fsp3) is 0.375. The van der Waals surface area contributed by atoms with Gasteiger partial charge >= 0.3 is 5.69 Å². The number of nitro benzene ring substituents is 1. The number of carbonyl (C=O) groups is 2. The highest BCUT2D eigenvalue weighted by molar-refractivity contribution is 5.88. The molecule has 1 saturated carbocycles. The van der Waals surface area contributed by atoms with Crippen molar-refractivity contribution in [1.82, 2.24) is 10.2 Å². The number of hydrogen-bond donors (Lipinski definition) is 1. The van der Waals surface area contributed by atoms with Gasteiger partial charge in [0, 0.05) is 31.1 Å². The van der Waals surface area contributed by atoms with E-state index < -0.39 is 11.0 Å². The zero-order valence-electron chi connectivity index (χ0n) is 23.6. The van der Waals surface area contributed by atoms with Gasteiger partial charge in [-0.15, -0.1) is 0 Å². The van der Waals surface area contributed by atoms with Crippen molar-refractivity contribution < 1.29 is 24.0 Å². The number of methoxy groups -OCH3 is 1. The van der Waals surface area contributed by atoms with Gasteiger partial charge in [0.2, 0.25) is 11.7 Å². The molecule has 1 atom stereocenters. The van der Waals surface area contributed by atoms with Crippen LogP contribution < -0.4 is 14.8 Å². The minimum atomic E-state index is -0.763. The molecule has 0 aromatic heterocycles. The maximum Gasteiger partial charge on any atom is 0.311 e. The molecule has 3 aromatic carbocycles. The summed E-state index contributed by atoms with van der Waals surface area (Å²) in [6.07, 6.45) is 5.53. The molecule has 1 aliphatic carbocycles. The number of benzene rings is 3. The summed E-state index contributed by atoms with van der Waals surface area (Å²) in [5.74, 6) is -0.265. The van der Waals surface area contributed by atoms with Crippen LogP contribution >= 0.6 is 0 Å². The molecule has 1 N–H and O–H groups in total. The van der Waals surface area contributed by atoms with Crippen LogP contribution in [0.2, 0.25) is 0 Å². The first-order chi connectivity index (χ1) is 19.9. The summed E-state index contributed by atoms with van der Waals surface area (Å²) in [4.78, 5) is 40.1. The van der Waals surface area contributed by atoms with E-state index >= 15 is 0 Å². The number of amides is 2. The van der Waals surface area contributed by atoms with E-state index in [4.69, 9.17) is 9.47 Å². The monoisotopic (exact) mass is 559 g/mol. The van der Waals surface area contributed by atoms with Crippen LogP contribution in [0.3, 0.4) is 0 Å². The van der Waals surface area contributed by atoms with Crippen molar-refractivity contribution in [2.75, 3.05) is 13.7 Å². The fourth-order valence-corrected chi connectivity index (χ4v) is 5.20. The normalized spacial score (nSPS) is 14.1. The van der Waals surface area contributed by atoms with Crippen molar-refractivity contribution in [2.24, 2.45) is 0 Å². The standard InChI is InChI=1S/C32H37N3O6/c1-23-11-9-10-14-25(23)21-34(31(36)22-41-27-17-18-28(35(38)39)30(20-27)40-2)29(19-24-12-5-3-6-13-24)32(37)33-26-15-7-4-8-16-26/h3,5-6,9-14,17-18,20,26,29H,4,7-8,15-16,19,21-22H2,1-2H3,(H,33,37). The molecule has 41 heavy (non-hydrogen) atoms. The molecule has 0 saturated heterocycles. The Morgan fingerprint density at radius 1 is 1.02 bits per heavy atom. The summed E-state index contributed by atoms with van der Waals surface area (Å²) >= 11 is 0. The molecule has 2 amide bonds. The molecule has 4 rings (SSSR count). The van der Waals surface area contributed by atoms with Crippen molar-refractivity contribution in [2.45, 2.75) is 64.1 Å². The minimum absolute atomic E-state index is 0.0329. The topological polar surface area (TPSA) is 111 Å². The molecule has 1 unspecified atom stereocenters. The second-order valence-electron chi connectivity index (χ2n) is 10.4. The Morgan fingerprint density at radius 3 is 2.41 bits per heavy atom. The molecule has 9 nitrogen and oxygen atoms in total. The van der Waals surface area contributed by atoms with Crippen molar-refractivity contribution in [3.8, 4) is 11.5 Å². The molecular formula is C32H37N3O6. The third kappa shape index (κ3) is 8.06. The van der Waals surface area contributed by atoms with Crippen molar-refractivity contribution >= 4 is 17.5 Å². The third-order valence-electron chi connectivity index (χ3n) is 7.53. The first-order valence-corrected chi connectivity index (χ1v) is 14.0. The Labute approximate surface area is 240 Å². The van der Waals surface area contributed by atoms with E-state index in [1.54, 1.807) is 4.90 Å². The van der Waals surface area contributed by atoms with Gasteiger partial charge in [-0.1, -0.05) is 73.9 Å². The highest BCUT2D eigenvalue weighted by atomic mass is 16.6. The van der Waals surface area contributed by atoms with Crippen LogP contribution in [-0.4, -0.2) is 47.4 Å². The number of nitro groups is 1. The molecule has 0 bridgehead atoms. The highest BCUT2D eigenvalue weighted by Crippen LogP contribution is 2.31. The van der Waals surface area contributed by atoms with E-state index in [1.165, 1.54) is 31.7 Å². The van der Waals surface area contributed by atoms with E-state index in [0.29, 0.717) is 6.42 Å². The van der Waals surface area contributed by atoms with Crippen LogP contribution in [0.1, 0.15) is 48.8 Å². The van der Waals surface area contributed by atoms with Crippen LogP contribution in [0.4, 0.5) is 5.69 Å². The highest BCUT2D eigenvalue weighted by Gasteiger charge is 2.32. The van der Waals surface area contributed by atoms with Crippen LogP contribution in [0.15, 0.2) is 72.8 Å². The van der Waals surface area contributed by atoms with Crippen LogP contribution in [0, 0.1) is 17.0 Å². The Kier molecular flexibility index (Phi) is 10.3. The second-order valence-corrected chi connectivity index (χ2v) is 10.4. The van der Waals surface area contributed by atoms with Gasteiger partial charge in [-0.25, -0.2) is 0 Å². The van der Waals surface area contributed by atoms with E-state index in [2.05, 4.69) is 5.32 Å². The molecule has 3 aromatic rings. The number of hydrogen-bond acceptors (Lipinski definition) is 6. The van der Waals surface area contributed by atoms with E-state index in [1.807, 2.05) is 61.5 Å². The number of nitrogens with one attached hydrogen (secondary N) is 1. The van der Waals surface area contributed by atoms with E-state index in [-0.39, 0.29) is 48.2 Å². The van der Waals surface area contributed by atoms with Gasteiger partial charge in [-0.3, -0.25) is 19.7 Å². The fourth-order valence-electron chi connectivity index (χ4n) is 5.20. The molecule has 1 aliphatic rings. The van der Waals surface area contributed by atoms with Crippen molar-refractivity contribution in [1.29, 1.82) is 0 Å². The largest absolute Gasteiger partial charge is 0.490 e. The lowest BCUT2D eigenvalue weighted by Gasteiger charge is -2.33. The number of rotatable bonds is 12. The van der Waals surface area contributed by atoms with E-state index in [9.17, 15) is 19.7 Å². The van der Waals surface area contributed by atoms with Crippen LogP contribution in [0.25, 0.3) is 0 Å². The molecule has 216 valence electrons. The van der Waals surface area contributed by atoms with Gasteiger partial charge < -0.3 is 19.7 Å². The predicted octanol–water partition coefficient (Wildman–Crippen LogP) is 5.38. The summed E-state index contributed by atoms with van der Waals surface area (Å²) in [5, 5.41) is 14.5. The van der Waals surface area contributed by atoms with Crippen molar-refractivity contribution in [3.05, 3.63) is 99.6 Å². The number of nitrogens with zero attached hydrogens (tertiary/aromatic N) is 2. The maximum absolute atomic E-state index is 13.9. The predicted molar refractivity (Wildman–Crippen MR) is 156 cm³/mol. The van der Waals surface area contributed by atoms with Gasteiger partial charge in [-0.05, 0) is 42.5 Å². The summed E-state index contributed by atoms with van der Waals surface area (Å²) < 4.78 is 10.9. The first-order valence-electron chi connectivity index (χ1n) is 14.0. The third-order valence-corrected chi connectivity index (χ3v) is 7.53. The average molecular weight is 560 g/mol. The number of aryl methyl sites for hydroxylation is 1. The Morgan fingerprint density at radius 2 is 1.73 bits per heavy atom. The van der Waals surface area contributed by atoms with Gasteiger partial charge in [0.05, 0.1) is 12.0 Å². The average Bonchev–Trinajstić information content (AvgIpc) is 2.99. The summed E-state index contributed by atoms with van der Waals surface area (Å²) in [6.45, 7) is 1.86. The van der Waals surface area contributed by atoms with Gasteiger partial charge in [-0.2, -0.15) is 0 Å². The lowest BCUT2D eigenvalue weighted by Crippen LogP contribution is -2.53. The quantitative estimate of drug-likeness (QED) is 0.236. The zero-order chi connectivity index (χ0) is 29.2. The van der Waals surface area contributed by atoms with Crippen LogP contribution in [-0.2, 0) is 22.6 Å². The lowest BCUT2D eigenvalue weighted by atomic mass is 9.94. The summed E-state index contributed by atoms with van der Waals surface area (Å²) in [7, 11) is 1.33. The Balaban J connectivity index is 1.62. The first kappa shape index (κ1) is 29.6. The molecule has 0 aliphatic heterocycles. The van der Waals surface area contributed by atoms with Gasteiger partial charge in [0.15, 0.2) is 6.61 Å². The molecular weight excluding hydrogens is 522 g/mol. The Hall–Kier alpha value is -4.40. The Bertz CT molecular complexity index is 1340. The molecule has 0 heterocycles. The maximum atomic E-state index is 13.9. The van der Waals surface area contributed by atoms with Crippen LogP contribution in [0.5, 0.6) is 11.5 Å². The van der Waals surface area contributed by atoms with Gasteiger partial charge in [0.25, 0.3) is 5.91 Å². The van der Waals surface area contributed by atoms with E-state index in [0.717, 1.165) is 42.4 Å². The zero-order valence-corrected chi connectivity index (χ0v) is 23.6.